The van der Waals surface area contributed by atoms with Crippen LogP contribution in [-0.4, -0.2) is 18.4 Å². The number of amides is 2. The zero-order valence-electron chi connectivity index (χ0n) is 14.7. The highest BCUT2D eigenvalue weighted by molar-refractivity contribution is 6.30. The Bertz CT molecular complexity index is 582. The van der Waals surface area contributed by atoms with E-state index in [-0.39, 0.29) is 17.7 Å². The van der Waals surface area contributed by atoms with Gasteiger partial charge >= 0.3 is 0 Å². The number of halogens is 1. The summed E-state index contributed by atoms with van der Waals surface area (Å²) in [7, 11) is 0. The molecule has 2 unspecified atom stereocenters. The van der Waals surface area contributed by atoms with Crippen molar-refractivity contribution < 1.29 is 9.59 Å². The lowest BCUT2D eigenvalue weighted by molar-refractivity contribution is -0.124. The third-order valence-corrected chi connectivity index (χ3v) is 5.33. The van der Waals surface area contributed by atoms with E-state index in [1.54, 1.807) is 0 Å². The summed E-state index contributed by atoms with van der Waals surface area (Å²) in [5.74, 6) is 0.659. The summed E-state index contributed by atoms with van der Waals surface area (Å²) in [5.41, 5.74) is 0.664. The molecule has 1 aliphatic rings. The van der Waals surface area contributed by atoms with Gasteiger partial charge < -0.3 is 10.6 Å². The second-order valence-corrected chi connectivity index (χ2v) is 7.14. The Labute approximate surface area is 149 Å². The second kappa shape index (κ2) is 8.02. The predicted molar refractivity (Wildman–Crippen MR) is 96.8 cm³/mol. The SMILES string of the molecule is CCC(CC)(NC(=O)CCNC(=O)C1CC1C)c1ccc(Cl)cc1. The molecule has 132 valence electrons. The third-order valence-electron chi connectivity index (χ3n) is 5.08. The van der Waals surface area contributed by atoms with Crippen molar-refractivity contribution in [3.05, 3.63) is 34.9 Å². The van der Waals surface area contributed by atoms with Gasteiger partial charge in [-0.25, -0.2) is 0 Å². The van der Waals surface area contributed by atoms with Crippen molar-refractivity contribution >= 4 is 23.4 Å². The molecule has 4 nitrogen and oxygen atoms in total. The van der Waals surface area contributed by atoms with Crippen LogP contribution >= 0.6 is 11.6 Å². The Kier molecular flexibility index (Phi) is 6.27. The van der Waals surface area contributed by atoms with Crippen LogP contribution in [0.1, 0.15) is 52.0 Å². The molecule has 1 fully saturated rings. The molecule has 1 aromatic rings. The van der Waals surface area contributed by atoms with Crippen LogP contribution in [0.5, 0.6) is 0 Å². The van der Waals surface area contributed by atoms with E-state index in [1.807, 2.05) is 24.3 Å². The quantitative estimate of drug-likeness (QED) is 0.752. The second-order valence-electron chi connectivity index (χ2n) is 6.70. The smallest absolute Gasteiger partial charge is 0.223 e. The van der Waals surface area contributed by atoms with Crippen molar-refractivity contribution in [1.82, 2.24) is 10.6 Å². The van der Waals surface area contributed by atoms with E-state index in [2.05, 4.69) is 31.4 Å². The van der Waals surface area contributed by atoms with Crippen LogP contribution in [0.15, 0.2) is 24.3 Å². The minimum absolute atomic E-state index is 0.0437. The molecule has 2 amide bonds. The molecule has 0 aliphatic heterocycles. The molecule has 1 saturated carbocycles. The first-order chi connectivity index (χ1) is 11.4. The molecule has 0 saturated heterocycles. The Morgan fingerprint density at radius 2 is 1.79 bits per heavy atom. The number of carbonyl (C=O) groups is 2. The number of benzene rings is 1. The van der Waals surface area contributed by atoms with Gasteiger partial charge in [0.05, 0.1) is 5.54 Å². The van der Waals surface area contributed by atoms with Gasteiger partial charge in [-0.1, -0.05) is 44.5 Å². The maximum atomic E-state index is 12.4. The van der Waals surface area contributed by atoms with Gasteiger partial charge in [-0.3, -0.25) is 9.59 Å². The molecule has 2 atom stereocenters. The van der Waals surface area contributed by atoms with Gasteiger partial charge in [0.1, 0.15) is 0 Å². The number of rotatable bonds is 8. The average molecular weight is 351 g/mol. The number of nitrogens with one attached hydrogen (secondary N) is 2. The van der Waals surface area contributed by atoms with Gasteiger partial charge in [-0.2, -0.15) is 0 Å². The highest BCUT2D eigenvalue weighted by atomic mass is 35.5. The summed E-state index contributed by atoms with van der Waals surface area (Å²) in [6.07, 6.45) is 2.84. The van der Waals surface area contributed by atoms with Crippen molar-refractivity contribution in [2.75, 3.05) is 6.54 Å². The Morgan fingerprint density at radius 3 is 2.29 bits per heavy atom. The molecule has 0 aromatic heterocycles. The lowest BCUT2D eigenvalue weighted by Gasteiger charge is -2.33. The van der Waals surface area contributed by atoms with E-state index in [0.717, 1.165) is 24.8 Å². The molecule has 24 heavy (non-hydrogen) atoms. The van der Waals surface area contributed by atoms with E-state index < -0.39 is 5.54 Å². The first kappa shape index (κ1) is 18.8. The molecule has 1 aliphatic carbocycles. The molecule has 0 heterocycles. The zero-order chi connectivity index (χ0) is 17.7. The van der Waals surface area contributed by atoms with Crippen molar-refractivity contribution in [1.29, 1.82) is 0 Å². The minimum atomic E-state index is -0.392. The van der Waals surface area contributed by atoms with Gasteiger partial charge in [0.2, 0.25) is 11.8 Å². The topological polar surface area (TPSA) is 58.2 Å². The van der Waals surface area contributed by atoms with Gasteiger partial charge in [0.25, 0.3) is 0 Å². The summed E-state index contributed by atoms with van der Waals surface area (Å²) < 4.78 is 0. The largest absolute Gasteiger partial charge is 0.355 e. The summed E-state index contributed by atoms with van der Waals surface area (Å²) in [6, 6.07) is 7.62. The Morgan fingerprint density at radius 1 is 1.21 bits per heavy atom. The van der Waals surface area contributed by atoms with Crippen LogP contribution in [0.2, 0.25) is 5.02 Å². The lowest BCUT2D eigenvalue weighted by Crippen LogP contribution is -2.46. The Balaban J connectivity index is 1.90. The van der Waals surface area contributed by atoms with Gasteiger partial charge in [0, 0.05) is 23.9 Å². The maximum Gasteiger partial charge on any atom is 0.223 e. The molecule has 2 rings (SSSR count). The van der Waals surface area contributed by atoms with Gasteiger partial charge in [-0.05, 0) is 42.9 Å². The van der Waals surface area contributed by atoms with Crippen molar-refractivity contribution in [3.63, 3.8) is 0 Å². The van der Waals surface area contributed by atoms with Crippen LogP contribution in [0, 0.1) is 11.8 Å². The monoisotopic (exact) mass is 350 g/mol. The van der Waals surface area contributed by atoms with Crippen LogP contribution in [-0.2, 0) is 15.1 Å². The maximum absolute atomic E-state index is 12.4. The molecule has 0 radical (unpaired) electrons. The zero-order valence-corrected chi connectivity index (χ0v) is 15.5. The normalized spacial score (nSPS) is 19.7. The predicted octanol–water partition coefficient (Wildman–Crippen LogP) is 3.63. The number of hydrogen-bond acceptors (Lipinski definition) is 2. The summed E-state index contributed by atoms with van der Waals surface area (Å²) >= 11 is 5.97. The van der Waals surface area contributed by atoms with E-state index in [4.69, 9.17) is 11.6 Å². The van der Waals surface area contributed by atoms with Crippen LogP contribution in [0.3, 0.4) is 0 Å². The van der Waals surface area contributed by atoms with Crippen molar-refractivity contribution in [2.24, 2.45) is 11.8 Å². The molecular weight excluding hydrogens is 324 g/mol. The van der Waals surface area contributed by atoms with E-state index in [0.29, 0.717) is 23.9 Å². The van der Waals surface area contributed by atoms with Crippen LogP contribution < -0.4 is 10.6 Å². The fourth-order valence-electron chi connectivity index (χ4n) is 3.12. The number of carbonyl (C=O) groups excluding carboxylic acids is 2. The minimum Gasteiger partial charge on any atom is -0.355 e. The van der Waals surface area contributed by atoms with Crippen molar-refractivity contribution in [3.8, 4) is 0 Å². The average Bonchev–Trinajstić information content (AvgIpc) is 3.30. The molecule has 0 spiro atoms. The van der Waals surface area contributed by atoms with E-state index in [1.165, 1.54) is 0 Å². The molecule has 2 N–H and O–H groups in total. The molecule has 1 aromatic carbocycles. The number of hydrogen-bond donors (Lipinski definition) is 2. The summed E-state index contributed by atoms with van der Waals surface area (Å²) in [4.78, 5) is 24.2. The fourth-order valence-corrected chi connectivity index (χ4v) is 3.25. The van der Waals surface area contributed by atoms with E-state index in [9.17, 15) is 9.59 Å². The van der Waals surface area contributed by atoms with Crippen molar-refractivity contribution in [2.45, 2.75) is 52.0 Å². The molecule has 0 bridgehead atoms. The standard InChI is InChI=1S/C19H27ClN2O2/c1-4-19(5-2,14-6-8-15(20)9-7-14)22-17(23)10-11-21-18(24)16-12-13(16)3/h6-9,13,16H,4-5,10-12H2,1-3H3,(H,21,24)(H,22,23). The highest BCUT2D eigenvalue weighted by Gasteiger charge is 2.38. The van der Waals surface area contributed by atoms with E-state index >= 15 is 0 Å². The fraction of sp³-hybridized carbons (Fsp3) is 0.579. The molecular formula is C19H27ClN2O2. The van der Waals surface area contributed by atoms with Crippen LogP contribution in [0.4, 0.5) is 0 Å². The first-order valence-corrected chi connectivity index (χ1v) is 9.14. The molecule has 5 heteroatoms. The first-order valence-electron chi connectivity index (χ1n) is 8.76. The lowest BCUT2D eigenvalue weighted by atomic mass is 9.84. The van der Waals surface area contributed by atoms with Gasteiger partial charge in [-0.15, -0.1) is 0 Å². The third kappa shape index (κ3) is 4.50. The highest BCUT2D eigenvalue weighted by Crippen LogP contribution is 2.37. The summed E-state index contributed by atoms with van der Waals surface area (Å²) in [6.45, 7) is 6.58. The van der Waals surface area contributed by atoms with Gasteiger partial charge in [0.15, 0.2) is 0 Å². The van der Waals surface area contributed by atoms with Crippen LogP contribution in [0.25, 0.3) is 0 Å². The Hall–Kier alpha value is -1.55. The summed E-state index contributed by atoms with van der Waals surface area (Å²) in [5, 5.41) is 6.70.